The van der Waals surface area contributed by atoms with E-state index in [1.807, 2.05) is 26.8 Å². The van der Waals surface area contributed by atoms with Crippen LogP contribution in [0.15, 0.2) is 23.0 Å². The number of aromatic nitrogens is 3. The molecule has 2 rings (SSSR count). The molecule has 0 saturated carbocycles. The first-order valence-electron chi connectivity index (χ1n) is 5.59. The van der Waals surface area contributed by atoms with Crippen molar-refractivity contribution in [2.45, 2.75) is 26.8 Å². The Morgan fingerprint density at radius 1 is 1.35 bits per heavy atom. The van der Waals surface area contributed by atoms with Crippen LogP contribution in [0.2, 0.25) is 0 Å². The standard InChI is InChI=1S/C12H16N4O/c1-7(2)10(13)12-15-11(16-17-12)9-6-14-5-4-8(9)3/h4-7,10H,13H2,1-3H3. The Balaban J connectivity index is 2.34. The zero-order valence-electron chi connectivity index (χ0n) is 10.2. The minimum absolute atomic E-state index is 0.228. The lowest BCUT2D eigenvalue weighted by atomic mass is 10.1. The number of hydrogen-bond acceptors (Lipinski definition) is 5. The highest BCUT2D eigenvalue weighted by molar-refractivity contribution is 5.57. The van der Waals surface area contributed by atoms with Gasteiger partial charge in [-0.15, -0.1) is 0 Å². The van der Waals surface area contributed by atoms with E-state index in [0.717, 1.165) is 11.1 Å². The van der Waals surface area contributed by atoms with Crippen LogP contribution in [0.4, 0.5) is 0 Å². The van der Waals surface area contributed by atoms with Crippen LogP contribution in [-0.2, 0) is 0 Å². The van der Waals surface area contributed by atoms with Gasteiger partial charge >= 0.3 is 0 Å². The smallest absolute Gasteiger partial charge is 0.244 e. The van der Waals surface area contributed by atoms with Gasteiger partial charge in [-0.3, -0.25) is 4.98 Å². The first-order chi connectivity index (χ1) is 8.09. The quantitative estimate of drug-likeness (QED) is 0.876. The summed E-state index contributed by atoms with van der Waals surface area (Å²) in [5.74, 6) is 1.28. The summed E-state index contributed by atoms with van der Waals surface area (Å²) < 4.78 is 5.18. The maximum atomic E-state index is 5.96. The van der Waals surface area contributed by atoms with Crippen LogP contribution in [0, 0.1) is 12.8 Å². The first kappa shape index (κ1) is 11.7. The summed E-state index contributed by atoms with van der Waals surface area (Å²) in [6, 6.07) is 1.68. The van der Waals surface area contributed by atoms with Gasteiger partial charge < -0.3 is 10.3 Å². The third-order valence-corrected chi connectivity index (χ3v) is 2.73. The van der Waals surface area contributed by atoms with Gasteiger partial charge in [0.05, 0.1) is 6.04 Å². The lowest BCUT2D eigenvalue weighted by Gasteiger charge is -2.09. The summed E-state index contributed by atoms with van der Waals surface area (Å²) in [7, 11) is 0. The van der Waals surface area contributed by atoms with Gasteiger partial charge in [-0.1, -0.05) is 19.0 Å². The molecule has 0 bridgehead atoms. The summed E-state index contributed by atoms with van der Waals surface area (Å²) in [4.78, 5) is 8.38. The molecular formula is C12H16N4O. The number of nitrogens with zero attached hydrogens (tertiary/aromatic N) is 3. The number of aryl methyl sites for hydroxylation is 1. The largest absolute Gasteiger partial charge is 0.337 e. The van der Waals surface area contributed by atoms with E-state index in [4.69, 9.17) is 10.3 Å². The fourth-order valence-corrected chi connectivity index (χ4v) is 1.46. The van der Waals surface area contributed by atoms with Crippen LogP contribution in [0.5, 0.6) is 0 Å². The van der Waals surface area contributed by atoms with Gasteiger partial charge in [0.1, 0.15) is 0 Å². The second kappa shape index (κ2) is 4.63. The Morgan fingerprint density at radius 3 is 2.76 bits per heavy atom. The van der Waals surface area contributed by atoms with Crippen molar-refractivity contribution in [3.63, 3.8) is 0 Å². The molecule has 0 spiro atoms. The molecule has 1 atom stereocenters. The minimum atomic E-state index is -0.228. The van der Waals surface area contributed by atoms with Crippen LogP contribution >= 0.6 is 0 Å². The fraction of sp³-hybridized carbons (Fsp3) is 0.417. The molecule has 2 N–H and O–H groups in total. The Kier molecular flexibility index (Phi) is 3.19. The molecule has 0 aliphatic rings. The van der Waals surface area contributed by atoms with E-state index in [1.165, 1.54) is 0 Å². The van der Waals surface area contributed by atoms with Crippen LogP contribution in [0.3, 0.4) is 0 Å². The van der Waals surface area contributed by atoms with Crippen LogP contribution in [0.1, 0.15) is 31.3 Å². The molecule has 17 heavy (non-hydrogen) atoms. The van der Waals surface area contributed by atoms with Gasteiger partial charge in [0.15, 0.2) is 0 Å². The molecule has 2 aromatic heterocycles. The molecule has 0 aliphatic carbocycles. The minimum Gasteiger partial charge on any atom is -0.337 e. The van der Waals surface area contributed by atoms with E-state index < -0.39 is 0 Å². The Labute approximate surface area is 100 Å². The van der Waals surface area contributed by atoms with Crippen molar-refractivity contribution >= 4 is 0 Å². The van der Waals surface area contributed by atoms with E-state index >= 15 is 0 Å². The van der Waals surface area contributed by atoms with Crippen molar-refractivity contribution in [2.24, 2.45) is 11.7 Å². The van der Waals surface area contributed by atoms with Gasteiger partial charge in [0, 0.05) is 18.0 Å². The highest BCUT2D eigenvalue weighted by atomic mass is 16.5. The van der Waals surface area contributed by atoms with Crippen molar-refractivity contribution in [1.82, 2.24) is 15.1 Å². The number of hydrogen-bond donors (Lipinski definition) is 1. The Hall–Kier alpha value is -1.75. The van der Waals surface area contributed by atoms with Gasteiger partial charge in [0.2, 0.25) is 11.7 Å². The van der Waals surface area contributed by atoms with Crippen molar-refractivity contribution in [3.05, 3.63) is 29.9 Å². The Morgan fingerprint density at radius 2 is 2.12 bits per heavy atom. The van der Waals surface area contributed by atoms with Crippen molar-refractivity contribution < 1.29 is 4.52 Å². The third-order valence-electron chi connectivity index (χ3n) is 2.73. The molecule has 0 aromatic carbocycles. The molecule has 0 aliphatic heterocycles. The highest BCUT2D eigenvalue weighted by Gasteiger charge is 2.19. The predicted molar refractivity (Wildman–Crippen MR) is 64.0 cm³/mol. The number of pyridine rings is 1. The molecular weight excluding hydrogens is 216 g/mol. The molecule has 90 valence electrons. The zero-order valence-corrected chi connectivity index (χ0v) is 10.2. The molecule has 0 radical (unpaired) electrons. The highest BCUT2D eigenvalue weighted by Crippen LogP contribution is 2.22. The average molecular weight is 232 g/mol. The fourth-order valence-electron chi connectivity index (χ4n) is 1.46. The maximum absolute atomic E-state index is 5.96. The summed E-state index contributed by atoms with van der Waals surface area (Å²) in [5, 5.41) is 3.94. The molecule has 0 fully saturated rings. The van der Waals surface area contributed by atoms with Crippen molar-refractivity contribution in [1.29, 1.82) is 0 Å². The van der Waals surface area contributed by atoms with Gasteiger partial charge in [0.25, 0.3) is 0 Å². The molecule has 5 nitrogen and oxygen atoms in total. The normalized spacial score (nSPS) is 13.0. The van der Waals surface area contributed by atoms with E-state index in [9.17, 15) is 0 Å². The third kappa shape index (κ3) is 2.34. The number of rotatable bonds is 3. The summed E-state index contributed by atoms with van der Waals surface area (Å²) in [6.45, 7) is 6.02. The summed E-state index contributed by atoms with van der Waals surface area (Å²) in [5.41, 5.74) is 7.89. The molecule has 2 heterocycles. The zero-order chi connectivity index (χ0) is 12.4. The van der Waals surface area contributed by atoms with Gasteiger partial charge in [-0.05, 0) is 24.5 Å². The lowest BCUT2D eigenvalue weighted by Crippen LogP contribution is -2.16. The second-order valence-corrected chi connectivity index (χ2v) is 4.42. The van der Waals surface area contributed by atoms with E-state index in [0.29, 0.717) is 11.7 Å². The van der Waals surface area contributed by atoms with Crippen LogP contribution in [-0.4, -0.2) is 15.1 Å². The van der Waals surface area contributed by atoms with Gasteiger partial charge in [-0.25, -0.2) is 0 Å². The van der Waals surface area contributed by atoms with Gasteiger partial charge in [-0.2, -0.15) is 4.98 Å². The summed E-state index contributed by atoms with van der Waals surface area (Å²) >= 11 is 0. The molecule has 5 heteroatoms. The number of nitrogens with two attached hydrogens (primary N) is 1. The van der Waals surface area contributed by atoms with Crippen molar-refractivity contribution in [3.8, 4) is 11.4 Å². The topological polar surface area (TPSA) is 77.8 Å². The van der Waals surface area contributed by atoms with Crippen molar-refractivity contribution in [2.75, 3.05) is 0 Å². The van der Waals surface area contributed by atoms with E-state index in [1.54, 1.807) is 12.4 Å². The monoisotopic (exact) mass is 232 g/mol. The van der Waals surface area contributed by atoms with Crippen LogP contribution in [0.25, 0.3) is 11.4 Å². The first-order valence-corrected chi connectivity index (χ1v) is 5.59. The summed E-state index contributed by atoms with van der Waals surface area (Å²) in [6.07, 6.45) is 3.46. The maximum Gasteiger partial charge on any atom is 0.244 e. The molecule has 1 unspecified atom stereocenters. The molecule has 2 aromatic rings. The molecule has 0 saturated heterocycles. The van der Waals surface area contributed by atoms with Crippen LogP contribution < -0.4 is 5.73 Å². The molecule has 0 amide bonds. The lowest BCUT2D eigenvalue weighted by molar-refractivity contribution is 0.325. The predicted octanol–water partition coefficient (Wildman–Crippen LogP) is 2.10. The van der Waals surface area contributed by atoms with E-state index in [-0.39, 0.29) is 12.0 Å². The SMILES string of the molecule is Cc1ccncc1-c1noc(C(N)C(C)C)n1. The Bertz CT molecular complexity index is 507. The second-order valence-electron chi connectivity index (χ2n) is 4.42. The van der Waals surface area contributed by atoms with E-state index in [2.05, 4.69) is 15.1 Å². The average Bonchev–Trinajstić information content (AvgIpc) is 2.77.